The third kappa shape index (κ3) is 2.28. The number of carbonyl (C=O) groups is 1. The Morgan fingerprint density at radius 3 is 2.75 bits per heavy atom. The van der Waals surface area contributed by atoms with Crippen LogP contribution in [0.3, 0.4) is 0 Å². The predicted molar refractivity (Wildman–Crippen MR) is 85.5 cm³/mol. The summed E-state index contributed by atoms with van der Waals surface area (Å²) < 4.78 is 1.14. The second-order valence-corrected chi connectivity index (χ2v) is 5.65. The van der Waals surface area contributed by atoms with Crippen LogP contribution in [0.1, 0.15) is 11.1 Å². The normalized spacial score (nSPS) is 13.8. The van der Waals surface area contributed by atoms with Gasteiger partial charge in [0.25, 0.3) is 5.69 Å². The monoisotopic (exact) mass is 323 g/mol. The summed E-state index contributed by atoms with van der Waals surface area (Å²) in [5.74, 6) is 0. The number of hydrogen-bond acceptors (Lipinski definition) is 5. The summed E-state index contributed by atoms with van der Waals surface area (Å²) in [6.07, 6.45) is 0.773. The fourth-order valence-electron chi connectivity index (χ4n) is 2.95. The number of amides is 1. The predicted octanol–water partition coefficient (Wildman–Crippen LogP) is 2.37. The van der Waals surface area contributed by atoms with Crippen LogP contribution in [0.4, 0.5) is 10.5 Å². The lowest BCUT2D eigenvalue weighted by Gasteiger charge is -2.28. The van der Waals surface area contributed by atoms with E-state index in [-0.39, 0.29) is 11.7 Å². The van der Waals surface area contributed by atoms with Crippen molar-refractivity contribution in [2.24, 2.45) is 0 Å². The summed E-state index contributed by atoms with van der Waals surface area (Å²) in [6.45, 7) is 1.07. The van der Waals surface area contributed by atoms with Crippen molar-refractivity contribution in [2.45, 2.75) is 13.0 Å². The van der Waals surface area contributed by atoms with Gasteiger partial charge in [-0.1, -0.05) is 29.5 Å². The lowest BCUT2D eigenvalue weighted by atomic mass is 10.0. The molecule has 4 rings (SSSR count). The average molecular weight is 323 g/mol. The Labute approximate surface area is 136 Å². The average Bonchev–Trinajstić information content (AvgIpc) is 3.03. The van der Waals surface area contributed by atoms with E-state index in [1.54, 1.807) is 4.90 Å². The Kier molecular flexibility index (Phi) is 3.23. The van der Waals surface area contributed by atoms with Crippen LogP contribution in [-0.4, -0.2) is 37.4 Å². The van der Waals surface area contributed by atoms with E-state index in [9.17, 15) is 14.9 Å². The van der Waals surface area contributed by atoms with Crippen LogP contribution in [0.5, 0.6) is 0 Å². The summed E-state index contributed by atoms with van der Waals surface area (Å²) in [5.41, 5.74) is 3.04. The van der Waals surface area contributed by atoms with Gasteiger partial charge >= 0.3 is 6.03 Å². The minimum Gasteiger partial charge on any atom is -0.318 e. The molecule has 2 aromatic carbocycles. The fourth-order valence-corrected chi connectivity index (χ4v) is 2.95. The molecular formula is C16H13N5O3. The van der Waals surface area contributed by atoms with Gasteiger partial charge in [-0.05, 0) is 23.6 Å². The number of benzene rings is 2. The third-order valence-electron chi connectivity index (χ3n) is 4.22. The van der Waals surface area contributed by atoms with Gasteiger partial charge in [-0.15, -0.1) is 5.10 Å². The van der Waals surface area contributed by atoms with Crippen molar-refractivity contribution in [3.63, 3.8) is 0 Å². The molecule has 0 atom stereocenters. The van der Waals surface area contributed by atoms with Crippen LogP contribution in [0.2, 0.25) is 0 Å². The topological polar surface area (TPSA) is 94.2 Å². The van der Waals surface area contributed by atoms with Crippen molar-refractivity contribution >= 4 is 22.8 Å². The van der Waals surface area contributed by atoms with E-state index in [2.05, 4.69) is 16.4 Å². The number of non-ortho nitro benzene ring substituents is 1. The molecule has 0 unspecified atom stereocenters. The summed E-state index contributed by atoms with van der Waals surface area (Å²) in [7, 11) is 0. The van der Waals surface area contributed by atoms with Gasteiger partial charge in [-0.2, -0.15) is 4.68 Å². The van der Waals surface area contributed by atoms with Gasteiger partial charge in [0.15, 0.2) is 0 Å². The molecule has 0 radical (unpaired) electrons. The van der Waals surface area contributed by atoms with Gasteiger partial charge in [-0.25, -0.2) is 4.79 Å². The van der Waals surface area contributed by atoms with Crippen LogP contribution in [0.25, 0.3) is 11.0 Å². The zero-order valence-electron chi connectivity index (χ0n) is 12.6. The van der Waals surface area contributed by atoms with E-state index in [1.807, 2.05) is 18.2 Å². The lowest BCUT2D eigenvalue weighted by molar-refractivity contribution is -0.384. The number of rotatable bonds is 1. The van der Waals surface area contributed by atoms with Crippen LogP contribution < -0.4 is 0 Å². The molecule has 120 valence electrons. The van der Waals surface area contributed by atoms with Gasteiger partial charge in [0, 0.05) is 25.2 Å². The highest BCUT2D eigenvalue weighted by molar-refractivity contribution is 5.89. The minimum atomic E-state index is -0.502. The molecule has 0 bridgehead atoms. The van der Waals surface area contributed by atoms with E-state index < -0.39 is 4.92 Å². The molecule has 1 aromatic heterocycles. The van der Waals surface area contributed by atoms with Crippen molar-refractivity contribution in [2.75, 3.05) is 6.54 Å². The van der Waals surface area contributed by atoms with E-state index in [0.29, 0.717) is 24.1 Å². The first-order chi connectivity index (χ1) is 11.6. The number of nitro benzene ring substituents is 1. The Morgan fingerprint density at radius 1 is 1.17 bits per heavy atom. The highest BCUT2D eigenvalue weighted by atomic mass is 16.6. The fraction of sp³-hybridized carbons (Fsp3) is 0.188. The molecule has 0 saturated carbocycles. The first-order valence-corrected chi connectivity index (χ1v) is 7.49. The third-order valence-corrected chi connectivity index (χ3v) is 4.22. The number of fused-ring (bicyclic) bond motifs is 2. The lowest BCUT2D eigenvalue weighted by Crippen LogP contribution is -2.39. The second-order valence-electron chi connectivity index (χ2n) is 5.65. The molecule has 1 aliphatic rings. The number of aromatic nitrogens is 3. The zero-order valence-corrected chi connectivity index (χ0v) is 12.6. The summed E-state index contributed by atoms with van der Waals surface area (Å²) in [6, 6.07) is 11.8. The molecule has 0 fully saturated rings. The summed E-state index contributed by atoms with van der Waals surface area (Å²) >= 11 is 0. The summed E-state index contributed by atoms with van der Waals surface area (Å²) in [4.78, 5) is 24.9. The first kappa shape index (κ1) is 14.3. The van der Waals surface area contributed by atoms with Gasteiger partial charge in [-0.3, -0.25) is 10.1 Å². The molecule has 24 heavy (non-hydrogen) atoms. The molecule has 1 amide bonds. The maximum atomic E-state index is 12.8. The molecular weight excluding hydrogens is 310 g/mol. The van der Waals surface area contributed by atoms with Crippen LogP contribution in [-0.2, 0) is 13.0 Å². The van der Waals surface area contributed by atoms with E-state index in [0.717, 1.165) is 16.7 Å². The van der Waals surface area contributed by atoms with Crippen molar-refractivity contribution in [1.82, 2.24) is 19.9 Å². The number of nitro groups is 1. The van der Waals surface area contributed by atoms with E-state index in [4.69, 9.17) is 0 Å². The van der Waals surface area contributed by atoms with E-state index >= 15 is 0 Å². The van der Waals surface area contributed by atoms with Crippen LogP contribution in [0.15, 0.2) is 42.5 Å². The highest BCUT2D eigenvalue weighted by Gasteiger charge is 2.24. The van der Waals surface area contributed by atoms with Gasteiger partial charge in [0.05, 0.1) is 4.92 Å². The number of nitrogens with zero attached hydrogens (tertiary/aromatic N) is 5. The molecule has 0 N–H and O–H groups in total. The Hall–Kier alpha value is -3.29. The standard InChI is InChI=1S/C16H13N5O3/c22-16(19-8-7-11-3-1-2-4-12(11)10-19)20-15-9-13(21(23)24)5-6-14(15)17-18-20/h1-6,9H,7-8,10H2. The minimum absolute atomic E-state index is 0.0946. The van der Waals surface area contributed by atoms with Crippen LogP contribution >= 0.6 is 0 Å². The van der Waals surface area contributed by atoms with Crippen molar-refractivity contribution in [3.05, 3.63) is 63.7 Å². The van der Waals surface area contributed by atoms with Gasteiger partial charge < -0.3 is 4.90 Å². The van der Waals surface area contributed by atoms with Crippen LogP contribution in [0, 0.1) is 10.1 Å². The SMILES string of the molecule is O=C(N1CCc2ccccc2C1)n1nnc2ccc([N+](=O)[O-])cc21. The number of hydrogen-bond donors (Lipinski definition) is 0. The van der Waals surface area contributed by atoms with E-state index in [1.165, 1.54) is 23.8 Å². The molecule has 0 spiro atoms. The molecule has 8 nitrogen and oxygen atoms in total. The Balaban J connectivity index is 1.69. The molecule has 1 aliphatic heterocycles. The molecule has 8 heteroatoms. The van der Waals surface area contributed by atoms with Crippen molar-refractivity contribution in [3.8, 4) is 0 Å². The largest absolute Gasteiger partial charge is 0.347 e. The maximum Gasteiger partial charge on any atom is 0.347 e. The molecule has 2 heterocycles. The first-order valence-electron chi connectivity index (χ1n) is 7.49. The smallest absolute Gasteiger partial charge is 0.318 e. The summed E-state index contributed by atoms with van der Waals surface area (Å²) in [5, 5.41) is 18.7. The van der Waals surface area contributed by atoms with Crippen molar-refractivity contribution < 1.29 is 9.72 Å². The number of carbonyl (C=O) groups excluding carboxylic acids is 1. The molecule has 0 saturated heterocycles. The highest BCUT2D eigenvalue weighted by Crippen LogP contribution is 2.22. The molecule has 0 aliphatic carbocycles. The second kappa shape index (κ2) is 5.41. The maximum absolute atomic E-state index is 12.8. The quantitative estimate of drug-likeness (QED) is 0.506. The zero-order chi connectivity index (χ0) is 16.7. The van der Waals surface area contributed by atoms with Gasteiger partial charge in [0.1, 0.15) is 11.0 Å². The van der Waals surface area contributed by atoms with Gasteiger partial charge in [0.2, 0.25) is 0 Å². The Morgan fingerprint density at radius 2 is 1.96 bits per heavy atom. The van der Waals surface area contributed by atoms with Crippen molar-refractivity contribution in [1.29, 1.82) is 0 Å². The Bertz CT molecular complexity index is 965. The molecule has 3 aromatic rings.